The molecule has 0 spiro atoms. The Bertz CT molecular complexity index is 443. The summed E-state index contributed by atoms with van der Waals surface area (Å²) in [5, 5.41) is 7.01. The van der Waals surface area contributed by atoms with E-state index < -0.39 is 0 Å². The lowest BCUT2D eigenvalue weighted by molar-refractivity contribution is -0.135. The SMILES string of the molecule is O=C(CN1CCOCC1)N1CCC[C@@H](Cc2ccn[nH]2)C1. The van der Waals surface area contributed by atoms with Crippen LogP contribution in [-0.4, -0.2) is 71.8 Å². The summed E-state index contributed by atoms with van der Waals surface area (Å²) >= 11 is 0. The number of hydrogen-bond acceptors (Lipinski definition) is 4. The highest BCUT2D eigenvalue weighted by molar-refractivity contribution is 5.78. The number of carbonyl (C=O) groups excluding carboxylic acids is 1. The van der Waals surface area contributed by atoms with Gasteiger partial charge in [0.1, 0.15) is 0 Å². The molecule has 1 N–H and O–H groups in total. The first-order chi connectivity index (χ1) is 10.3. The van der Waals surface area contributed by atoms with Crippen molar-refractivity contribution in [3.8, 4) is 0 Å². The zero-order valence-electron chi connectivity index (χ0n) is 12.5. The molecular weight excluding hydrogens is 268 g/mol. The van der Waals surface area contributed by atoms with Gasteiger partial charge in [-0.25, -0.2) is 0 Å². The Morgan fingerprint density at radius 2 is 2.24 bits per heavy atom. The van der Waals surface area contributed by atoms with Crippen molar-refractivity contribution in [3.05, 3.63) is 18.0 Å². The Balaban J connectivity index is 1.49. The second-order valence-corrected chi connectivity index (χ2v) is 6.02. The molecule has 2 aliphatic rings. The first-order valence-electron chi connectivity index (χ1n) is 7.87. The number of nitrogens with one attached hydrogen (secondary N) is 1. The van der Waals surface area contributed by atoms with Crippen molar-refractivity contribution >= 4 is 5.91 Å². The molecule has 2 saturated heterocycles. The van der Waals surface area contributed by atoms with E-state index >= 15 is 0 Å². The van der Waals surface area contributed by atoms with Crippen molar-refractivity contribution in [2.45, 2.75) is 19.3 Å². The average molecular weight is 292 g/mol. The zero-order chi connectivity index (χ0) is 14.5. The number of amides is 1. The Morgan fingerprint density at radius 1 is 1.38 bits per heavy atom. The van der Waals surface area contributed by atoms with Gasteiger partial charge in [0.2, 0.25) is 5.91 Å². The van der Waals surface area contributed by atoms with E-state index in [1.807, 2.05) is 11.0 Å². The van der Waals surface area contributed by atoms with Gasteiger partial charge in [0, 0.05) is 38.1 Å². The second kappa shape index (κ2) is 7.04. The van der Waals surface area contributed by atoms with E-state index in [9.17, 15) is 4.79 Å². The smallest absolute Gasteiger partial charge is 0.236 e. The minimum Gasteiger partial charge on any atom is -0.379 e. The number of nitrogens with zero attached hydrogens (tertiary/aromatic N) is 3. The van der Waals surface area contributed by atoms with Gasteiger partial charge < -0.3 is 9.64 Å². The van der Waals surface area contributed by atoms with Crippen LogP contribution in [0.2, 0.25) is 0 Å². The molecule has 0 aromatic carbocycles. The van der Waals surface area contributed by atoms with E-state index in [-0.39, 0.29) is 5.91 Å². The standard InChI is InChI=1S/C15H24N4O2/c20-15(12-18-6-8-21-9-7-18)19-5-1-2-13(11-19)10-14-3-4-16-17-14/h3-4,13H,1-2,5-12H2,(H,16,17)/t13-/m0/s1. The highest BCUT2D eigenvalue weighted by Gasteiger charge is 2.25. The molecule has 6 nitrogen and oxygen atoms in total. The van der Waals surface area contributed by atoms with Crippen molar-refractivity contribution in [2.75, 3.05) is 45.9 Å². The number of rotatable bonds is 4. The van der Waals surface area contributed by atoms with Crippen LogP contribution in [0.25, 0.3) is 0 Å². The van der Waals surface area contributed by atoms with Gasteiger partial charge >= 0.3 is 0 Å². The summed E-state index contributed by atoms with van der Waals surface area (Å²) < 4.78 is 5.33. The van der Waals surface area contributed by atoms with Gasteiger partial charge in [0.25, 0.3) is 0 Å². The largest absolute Gasteiger partial charge is 0.379 e. The Hall–Kier alpha value is -1.40. The normalized spacial score (nSPS) is 24.2. The number of hydrogen-bond donors (Lipinski definition) is 1. The van der Waals surface area contributed by atoms with Crippen molar-refractivity contribution < 1.29 is 9.53 Å². The number of piperidine rings is 1. The molecule has 6 heteroatoms. The molecule has 2 aliphatic heterocycles. The van der Waals surface area contributed by atoms with Crippen LogP contribution >= 0.6 is 0 Å². The molecule has 2 fully saturated rings. The number of morpholine rings is 1. The monoisotopic (exact) mass is 292 g/mol. The van der Waals surface area contributed by atoms with Crippen molar-refractivity contribution in [1.82, 2.24) is 20.0 Å². The molecule has 1 aromatic rings. The quantitative estimate of drug-likeness (QED) is 0.879. The molecule has 21 heavy (non-hydrogen) atoms. The third-order valence-corrected chi connectivity index (χ3v) is 4.40. The van der Waals surface area contributed by atoms with E-state index in [2.05, 4.69) is 15.1 Å². The Kier molecular flexibility index (Phi) is 4.87. The summed E-state index contributed by atoms with van der Waals surface area (Å²) in [6, 6.07) is 2.02. The minimum atomic E-state index is 0.270. The van der Waals surface area contributed by atoms with Crippen LogP contribution in [0.15, 0.2) is 12.3 Å². The third kappa shape index (κ3) is 4.04. The van der Waals surface area contributed by atoms with Gasteiger partial charge in [0.05, 0.1) is 19.8 Å². The lowest BCUT2D eigenvalue weighted by Crippen LogP contribution is -2.47. The maximum absolute atomic E-state index is 12.4. The first kappa shape index (κ1) is 14.5. The van der Waals surface area contributed by atoms with Gasteiger partial charge in [-0.2, -0.15) is 5.10 Å². The molecule has 1 amide bonds. The molecule has 1 aromatic heterocycles. The van der Waals surface area contributed by atoms with Gasteiger partial charge in [-0.15, -0.1) is 0 Å². The van der Waals surface area contributed by atoms with E-state index in [0.717, 1.165) is 52.2 Å². The lowest BCUT2D eigenvalue weighted by Gasteiger charge is -2.35. The van der Waals surface area contributed by atoms with Crippen LogP contribution in [0.3, 0.4) is 0 Å². The fourth-order valence-corrected chi connectivity index (χ4v) is 3.22. The van der Waals surface area contributed by atoms with Gasteiger partial charge in [-0.1, -0.05) is 0 Å². The summed E-state index contributed by atoms with van der Waals surface area (Å²) in [4.78, 5) is 16.7. The molecule has 0 aliphatic carbocycles. The van der Waals surface area contributed by atoms with Crippen molar-refractivity contribution in [1.29, 1.82) is 0 Å². The van der Waals surface area contributed by atoms with Gasteiger partial charge in [0.15, 0.2) is 0 Å². The summed E-state index contributed by atoms with van der Waals surface area (Å²) in [5.74, 6) is 0.819. The molecule has 0 radical (unpaired) electrons. The van der Waals surface area contributed by atoms with E-state index in [1.165, 1.54) is 12.1 Å². The second-order valence-electron chi connectivity index (χ2n) is 6.02. The maximum Gasteiger partial charge on any atom is 0.236 e. The summed E-state index contributed by atoms with van der Waals surface area (Å²) in [6.45, 7) is 5.56. The molecule has 3 heterocycles. The topological polar surface area (TPSA) is 61.5 Å². The molecule has 1 atom stereocenters. The number of carbonyl (C=O) groups is 1. The van der Waals surface area contributed by atoms with E-state index in [1.54, 1.807) is 6.20 Å². The molecule has 0 bridgehead atoms. The van der Waals surface area contributed by atoms with Crippen molar-refractivity contribution in [3.63, 3.8) is 0 Å². The molecule has 116 valence electrons. The minimum absolute atomic E-state index is 0.270. The number of aromatic amines is 1. The number of H-pyrrole nitrogens is 1. The van der Waals surface area contributed by atoms with E-state index in [4.69, 9.17) is 4.74 Å². The van der Waals surface area contributed by atoms with Gasteiger partial charge in [-0.3, -0.25) is 14.8 Å². The van der Waals surface area contributed by atoms with Gasteiger partial charge in [-0.05, 0) is 31.2 Å². The van der Waals surface area contributed by atoms with Crippen LogP contribution in [0.4, 0.5) is 0 Å². The predicted octanol–water partition coefficient (Wildman–Crippen LogP) is 0.523. The Labute approximate surface area is 125 Å². The highest BCUT2D eigenvalue weighted by atomic mass is 16.5. The fraction of sp³-hybridized carbons (Fsp3) is 0.733. The third-order valence-electron chi connectivity index (χ3n) is 4.40. The molecular formula is C15H24N4O2. The first-order valence-corrected chi connectivity index (χ1v) is 7.87. The summed E-state index contributed by atoms with van der Waals surface area (Å²) in [5.41, 5.74) is 1.17. The summed E-state index contributed by atoms with van der Waals surface area (Å²) in [7, 11) is 0. The average Bonchev–Trinajstić information content (AvgIpc) is 3.01. The van der Waals surface area contributed by atoms with Crippen LogP contribution < -0.4 is 0 Å². The Morgan fingerprint density at radius 3 is 3.00 bits per heavy atom. The lowest BCUT2D eigenvalue weighted by atomic mass is 9.93. The number of likely N-dealkylation sites (tertiary alicyclic amines) is 1. The van der Waals surface area contributed by atoms with Crippen LogP contribution in [-0.2, 0) is 16.0 Å². The van der Waals surface area contributed by atoms with Crippen LogP contribution in [0.1, 0.15) is 18.5 Å². The molecule has 0 saturated carbocycles. The highest BCUT2D eigenvalue weighted by Crippen LogP contribution is 2.20. The summed E-state index contributed by atoms with van der Waals surface area (Å²) in [6.07, 6.45) is 5.08. The number of aromatic nitrogens is 2. The van der Waals surface area contributed by atoms with Crippen LogP contribution in [0.5, 0.6) is 0 Å². The van der Waals surface area contributed by atoms with Crippen LogP contribution in [0, 0.1) is 5.92 Å². The van der Waals surface area contributed by atoms with Crippen molar-refractivity contribution in [2.24, 2.45) is 5.92 Å². The zero-order valence-corrected chi connectivity index (χ0v) is 12.5. The fourth-order valence-electron chi connectivity index (χ4n) is 3.22. The molecule has 3 rings (SSSR count). The van der Waals surface area contributed by atoms with E-state index in [0.29, 0.717) is 12.5 Å². The molecule has 0 unspecified atom stereocenters. The maximum atomic E-state index is 12.4. The number of ether oxygens (including phenoxy) is 1. The predicted molar refractivity (Wildman–Crippen MR) is 78.9 cm³/mol.